The minimum absolute atomic E-state index is 0.0137. The van der Waals surface area contributed by atoms with Gasteiger partial charge < -0.3 is 15.0 Å². The van der Waals surface area contributed by atoms with E-state index in [0.717, 1.165) is 6.42 Å². The van der Waals surface area contributed by atoms with E-state index in [9.17, 15) is 9.59 Å². The third kappa shape index (κ3) is 3.45. The number of ether oxygens (including phenoxy) is 1. The maximum absolute atomic E-state index is 12.5. The lowest BCUT2D eigenvalue weighted by Crippen LogP contribution is -2.50. The summed E-state index contributed by atoms with van der Waals surface area (Å²) in [7, 11) is 1.61. The van der Waals surface area contributed by atoms with E-state index in [1.807, 2.05) is 20.8 Å². The number of methoxy groups -OCH3 is 1. The Hall–Kier alpha value is -1.10. The Morgan fingerprint density at radius 1 is 1.50 bits per heavy atom. The molecule has 1 fully saturated rings. The van der Waals surface area contributed by atoms with Crippen molar-refractivity contribution in [1.82, 2.24) is 10.2 Å². The molecule has 0 aromatic carbocycles. The van der Waals surface area contributed by atoms with E-state index in [1.165, 1.54) is 0 Å². The minimum atomic E-state index is -0.399. The van der Waals surface area contributed by atoms with Crippen LogP contribution in [0.5, 0.6) is 0 Å². The van der Waals surface area contributed by atoms with E-state index in [1.54, 1.807) is 12.0 Å². The molecule has 18 heavy (non-hydrogen) atoms. The summed E-state index contributed by atoms with van der Waals surface area (Å²) in [4.78, 5) is 26.0. The third-order valence-corrected chi connectivity index (χ3v) is 3.63. The van der Waals surface area contributed by atoms with Gasteiger partial charge in [-0.15, -0.1) is 0 Å². The second-order valence-corrected chi connectivity index (χ2v) is 5.01. The Balaban J connectivity index is 2.87. The van der Waals surface area contributed by atoms with Gasteiger partial charge in [0.15, 0.2) is 0 Å². The van der Waals surface area contributed by atoms with Gasteiger partial charge in [-0.3, -0.25) is 9.59 Å². The summed E-state index contributed by atoms with van der Waals surface area (Å²) in [6, 6.07) is -0.467. The lowest BCUT2D eigenvalue weighted by molar-refractivity contribution is -0.136. The fourth-order valence-corrected chi connectivity index (χ4v) is 2.21. The van der Waals surface area contributed by atoms with E-state index in [0.29, 0.717) is 19.6 Å². The average molecular weight is 256 g/mol. The number of hydrogen-bond donors (Lipinski definition) is 1. The van der Waals surface area contributed by atoms with Gasteiger partial charge in [-0.2, -0.15) is 0 Å². The van der Waals surface area contributed by atoms with E-state index >= 15 is 0 Å². The molecular weight excluding hydrogens is 232 g/mol. The van der Waals surface area contributed by atoms with Crippen molar-refractivity contribution in [3.05, 3.63) is 0 Å². The molecule has 1 N–H and O–H groups in total. The smallest absolute Gasteiger partial charge is 0.245 e. The Kier molecular flexibility index (Phi) is 5.59. The van der Waals surface area contributed by atoms with Crippen molar-refractivity contribution < 1.29 is 14.3 Å². The first kappa shape index (κ1) is 15.0. The highest BCUT2D eigenvalue weighted by atomic mass is 16.5. The van der Waals surface area contributed by atoms with Crippen LogP contribution in [0.2, 0.25) is 0 Å². The molecule has 5 nitrogen and oxygen atoms in total. The van der Waals surface area contributed by atoms with E-state index < -0.39 is 6.04 Å². The third-order valence-electron chi connectivity index (χ3n) is 3.63. The molecular formula is C13H24N2O3. The fraction of sp³-hybridized carbons (Fsp3) is 0.846. The first-order valence-corrected chi connectivity index (χ1v) is 6.60. The van der Waals surface area contributed by atoms with Crippen LogP contribution >= 0.6 is 0 Å². The summed E-state index contributed by atoms with van der Waals surface area (Å²) in [5, 5.41) is 2.85. The van der Waals surface area contributed by atoms with Crippen molar-refractivity contribution in [3.8, 4) is 0 Å². The molecule has 0 bridgehead atoms. The van der Waals surface area contributed by atoms with Crippen molar-refractivity contribution >= 4 is 11.8 Å². The van der Waals surface area contributed by atoms with E-state index in [2.05, 4.69) is 5.32 Å². The number of carbonyl (C=O) groups is 2. The van der Waals surface area contributed by atoms with Gasteiger partial charge in [0.1, 0.15) is 6.04 Å². The van der Waals surface area contributed by atoms with Gasteiger partial charge >= 0.3 is 0 Å². The van der Waals surface area contributed by atoms with Crippen LogP contribution in [-0.2, 0) is 14.3 Å². The van der Waals surface area contributed by atoms with Crippen molar-refractivity contribution in [2.45, 2.75) is 45.7 Å². The first-order valence-electron chi connectivity index (χ1n) is 6.60. The van der Waals surface area contributed by atoms with Crippen LogP contribution in [0.3, 0.4) is 0 Å². The summed E-state index contributed by atoms with van der Waals surface area (Å²) in [6.45, 7) is 6.97. The van der Waals surface area contributed by atoms with Crippen LogP contribution in [0.4, 0.5) is 0 Å². The van der Waals surface area contributed by atoms with Gasteiger partial charge in [-0.1, -0.05) is 20.3 Å². The van der Waals surface area contributed by atoms with Gasteiger partial charge in [0.2, 0.25) is 11.8 Å². The van der Waals surface area contributed by atoms with Crippen LogP contribution in [-0.4, -0.2) is 49.1 Å². The standard InChI is InChI=1S/C13H24N2O3/c1-5-9(2)12-13(17)15(6-7-18-4)10(3)8-11(16)14-12/h9-10,12H,5-8H2,1-4H3,(H,14,16). The van der Waals surface area contributed by atoms with Crippen molar-refractivity contribution in [3.63, 3.8) is 0 Å². The normalized spacial score (nSPS) is 26.8. The summed E-state index contributed by atoms with van der Waals surface area (Å²) < 4.78 is 5.03. The Labute approximate surface area is 109 Å². The lowest BCUT2D eigenvalue weighted by Gasteiger charge is -2.30. The van der Waals surface area contributed by atoms with Crippen LogP contribution in [0.15, 0.2) is 0 Å². The zero-order valence-corrected chi connectivity index (χ0v) is 11.7. The summed E-state index contributed by atoms with van der Waals surface area (Å²) in [5.74, 6) is 0.123. The predicted octanol–water partition coefficient (Wildman–Crippen LogP) is 0.785. The number of nitrogens with zero attached hydrogens (tertiary/aromatic N) is 1. The molecule has 1 heterocycles. The topological polar surface area (TPSA) is 58.6 Å². The first-order chi connectivity index (χ1) is 8.51. The molecule has 1 aliphatic heterocycles. The number of amides is 2. The minimum Gasteiger partial charge on any atom is -0.383 e. The monoisotopic (exact) mass is 256 g/mol. The van der Waals surface area contributed by atoms with Crippen LogP contribution in [0.1, 0.15) is 33.6 Å². The summed E-state index contributed by atoms with van der Waals surface area (Å²) >= 11 is 0. The Morgan fingerprint density at radius 3 is 2.72 bits per heavy atom. The van der Waals surface area contributed by atoms with Crippen LogP contribution in [0.25, 0.3) is 0 Å². The average Bonchev–Trinajstić information content (AvgIpc) is 2.44. The zero-order valence-electron chi connectivity index (χ0n) is 11.7. The molecule has 3 atom stereocenters. The van der Waals surface area contributed by atoms with Crippen molar-refractivity contribution in [1.29, 1.82) is 0 Å². The second kappa shape index (κ2) is 6.73. The maximum Gasteiger partial charge on any atom is 0.245 e. The zero-order chi connectivity index (χ0) is 13.7. The molecule has 0 aliphatic carbocycles. The highest BCUT2D eigenvalue weighted by molar-refractivity contribution is 5.90. The number of rotatable bonds is 5. The van der Waals surface area contributed by atoms with E-state index in [4.69, 9.17) is 4.74 Å². The molecule has 1 aliphatic rings. The largest absolute Gasteiger partial charge is 0.383 e. The molecule has 0 spiro atoms. The van der Waals surface area contributed by atoms with Crippen LogP contribution in [0, 0.1) is 5.92 Å². The van der Waals surface area contributed by atoms with Crippen molar-refractivity contribution in [2.75, 3.05) is 20.3 Å². The van der Waals surface area contributed by atoms with Crippen LogP contribution < -0.4 is 5.32 Å². The van der Waals surface area contributed by atoms with E-state index in [-0.39, 0.29) is 23.8 Å². The molecule has 3 unspecified atom stereocenters. The van der Waals surface area contributed by atoms with Gasteiger partial charge in [-0.05, 0) is 12.8 Å². The lowest BCUT2D eigenvalue weighted by atomic mass is 9.98. The molecule has 0 radical (unpaired) electrons. The molecule has 0 aromatic rings. The molecule has 104 valence electrons. The quantitative estimate of drug-likeness (QED) is 0.791. The maximum atomic E-state index is 12.5. The Morgan fingerprint density at radius 2 is 2.17 bits per heavy atom. The van der Waals surface area contributed by atoms with Gasteiger partial charge in [-0.25, -0.2) is 0 Å². The van der Waals surface area contributed by atoms with Gasteiger partial charge in [0.05, 0.1) is 6.61 Å². The number of hydrogen-bond acceptors (Lipinski definition) is 3. The highest BCUT2D eigenvalue weighted by Gasteiger charge is 2.35. The summed E-state index contributed by atoms with van der Waals surface area (Å²) in [5.41, 5.74) is 0. The predicted molar refractivity (Wildman–Crippen MR) is 69.1 cm³/mol. The molecule has 5 heteroatoms. The Bertz CT molecular complexity index is 307. The molecule has 2 amide bonds. The molecule has 0 saturated carbocycles. The SMILES string of the molecule is CCC(C)C1NC(=O)CC(C)N(CCOC)C1=O. The van der Waals surface area contributed by atoms with Gasteiger partial charge in [0, 0.05) is 26.1 Å². The molecule has 0 aromatic heterocycles. The number of nitrogens with one attached hydrogen (secondary N) is 1. The second-order valence-electron chi connectivity index (χ2n) is 5.01. The van der Waals surface area contributed by atoms with Crippen molar-refractivity contribution in [2.24, 2.45) is 5.92 Å². The summed E-state index contributed by atoms with van der Waals surface area (Å²) in [6.07, 6.45) is 1.23. The fourth-order valence-electron chi connectivity index (χ4n) is 2.21. The highest BCUT2D eigenvalue weighted by Crippen LogP contribution is 2.17. The van der Waals surface area contributed by atoms with Gasteiger partial charge in [0.25, 0.3) is 0 Å². The molecule has 1 rings (SSSR count). The molecule has 1 saturated heterocycles. The number of carbonyl (C=O) groups excluding carboxylic acids is 2.